The van der Waals surface area contributed by atoms with E-state index in [2.05, 4.69) is 5.32 Å². The predicted molar refractivity (Wildman–Crippen MR) is 118 cm³/mol. The molecule has 2 aromatic rings. The van der Waals surface area contributed by atoms with Crippen LogP contribution in [0.2, 0.25) is 10.0 Å². The van der Waals surface area contributed by atoms with E-state index in [1.54, 1.807) is 43.3 Å². The van der Waals surface area contributed by atoms with E-state index in [0.717, 1.165) is 0 Å². The van der Waals surface area contributed by atoms with E-state index in [1.807, 2.05) is 0 Å². The zero-order valence-corrected chi connectivity index (χ0v) is 18.6. The number of nitrogens with one attached hydrogen (secondary N) is 1. The molecule has 1 unspecified atom stereocenters. The number of fused-ring (bicyclic) bond motifs is 1. The molecule has 0 fully saturated rings. The molecule has 0 saturated carbocycles. The van der Waals surface area contributed by atoms with Gasteiger partial charge in [-0.25, -0.2) is 4.39 Å². The lowest BCUT2D eigenvalue weighted by Gasteiger charge is -2.24. The summed E-state index contributed by atoms with van der Waals surface area (Å²) in [5.74, 6) is -0.262. The number of ether oxygens (including phenoxy) is 3. The van der Waals surface area contributed by atoms with Crippen LogP contribution in [0.4, 0.5) is 10.1 Å². The summed E-state index contributed by atoms with van der Waals surface area (Å²) < 4.78 is 29.9. The Hall–Kier alpha value is -1.93. The van der Waals surface area contributed by atoms with Gasteiger partial charge in [0, 0.05) is 28.8 Å². The third-order valence-corrected chi connectivity index (χ3v) is 5.37. The van der Waals surface area contributed by atoms with Gasteiger partial charge in [0.2, 0.25) is 6.36 Å². The number of benzene rings is 2. The van der Waals surface area contributed by atoms with Gasteiger partial charge in [-0.05, 0) is 31.2 Å². The van der Waals surface area contributed by atoms with Gasteiger partial charge in [-0.2, -0.15) is 0 Å². The highest BCUT2D eigenvalue weighted by molar-refractivity contribution is 7.80. The summed E-state index contributed by atoms with van der Waals surface area (Å²) in [6, 6.07) is 10.2. The molecule has 3 rings (SSSR count). The van der Waals surface area contributed by atoms with Gasteiger partial charge in [0.1, 0.15) is 22.9 Å². The van der Waals surface area contributed by atoms with Crippen LogP contribution in [0, 0.1) is 0 Å². The number of alkyl halides is 1. The van der Waals surface area contributed by atoms with E-state index in [-0.39, 0.29) is 23.8 Å². The number of hydrogen-bond donors (Lipinski definition) is 1. The molecule has 0 amide bonds. The molecule has 1 aliphatic heterocycles. The predicted octanol–water partition coefficient (Wildman–Crippen LogP) is 5.87. The zero-order valence-electron chi connectivity index (χ0n) is 16.3. The molecular formula is C21H20Cl2FNO4S. The molecule has 1 heterocycles. The fourth-order valence-corrected chi connectivity index (χ4v) is 3.83. The van der Waals surface area contributed by atoms with E-state index in [9.17, 15) is 9.18 Å². The molecule has 5 nitrogen and oxygen atoms in total. The van der Waals surface area contributed by atoms with Crippen molar-refractivity contribution >= 4 is 52.1 Å². The normalized spacial score (nSPS) is 19.3. The Balaban J connectivity index is 2.07. The topological polar surface area (TPSA) is 56.8 Å². The van der Waals surface area contributed by atoms with Crippen molar-refractivity contribution in [3.05, 3.63) is 57.6 Å². The van der Waals surface area contributed by atoms with Crippen molar-refractivity contribution in [1.82, 2.24) is 0 Å². The first kappa shape index (κ1) is 22.7. The first-order valence-corrected chi connectivity index (χ1v) is 10.5. The lowest BCUT2D eigenvalue weighted by Crippen LogP contribution is -2.31. The summed E-state index contributed by atoms with van der Waals surface area (Å²) in [4.78, 5) is 12.4. The third-order valence-electron chi connectivity index (χ3n) is 4.37. The van der Waals surface area contributed by atoms with Crippen molar-refractivity contribution in [2.24, 2.45) is 0 Å². The highest BCUT2D eigenvalue weighted by Crippen LogP contribution is 2.42. The molecule has 1 aliphatic rings. The van der Waals surface area contributed by atoms with E-state index < -0.39 is 24.5 Å². The van der Waals surface area contributed by atoms with Crippen LogP contribution < -0.4 is 10.1 Å². The minimum atomic E-state index is -1.54. The van der Waals surface area contributed by atoms with Gasteiger partial charge in [0.05, 0.1) is 18.1 Å². The van der Waals surface area contributed by atoms with Crippen molar-refractivity contribution < 1.29 is 23.4 Å². The first-order valence-electron chi connectivity index (χ1n) is 9.30. The minimum Gasteiger partial charge on any atom is -0.466 e. The van der Waals surface area contributed by atoms with E-state index in [1.165, 1.54) is 6.92 Å². The Labute approximate surface area is 189 Å². The maximum Gasteiger partial charge on any atom is 0.308 e. The van der Waals surface area contributed by atoms with Crippen LogP contribution in [0.25, 0.3) is 0 Å². The molecule has 0 saturated heterocycles. The quantitative estimate of drug-likeness (QED) is 0.419. The number of carbonyl (C=O) groups excluding carboxylic acids is 1. The summed E-state index contributed by atoms with van der Waals surface area (Å²) in [5, 5.41) is 3.80. The van der Waals surface area contributed by atoms with Gasteiger partial charge in [-0.15, -0.1) is 0 Å². The number of rotatable bonds is 6. The van der Waals surface area contributed by atoms with E-state index >= 15 is 0 Å². The van der Waals surface area contributed by atoms with Crippen LogP contribution in [0.1, 0.15) is 37.5 Å². The molecule has 160 valence electrons. The Kier molecular flexibility index (Phi) is 7.52. The van der Waals surface area contributed by atoms with E-state index in [4.69, 9.17) is 49.6 Å². The monoisotopic (exact) mass is 471 g/mol. The summed E-state index contributed by atoms with van der Waals surface area (Å²) in [5.41, 5.74) is 1.87. The summed E-state index contributed by atoms with van der Waals surface area (Å²) in [7, 11) is 0. The van der Waals surface area contributed by atoms with Gasteiger partial charge >= 0.3 is 5.97 Å². The van der Waals surface area contributed by atoms with Crippen molar-refractivity contribution in [2.45, 2.75) is 38.8 Å². The van der Waals surface area contributed by atoms with Crippen LogP contribution in [0.15, 0.2) is 36.4 Å². The molecular weight excluding hydrogens is 452 g/mol. The van der Waals surface area contributed by atoms with Crippen LogP contribution >= 0.6 is 35.4 Å². The fourth-order valence-electron chi connectivity index (χ4n) is 3.13. The maximum absolute atomic E-state index is 13.4. The van der Waals surface area contributed by atoms with Crippen LogP contribution in [-0.4, -0.2) is 30.0 Å². The SMILES string of the molecule is CCOC(=O)C[C@H]1O[C@H](c2cccc(OC(C)F)c2Cl)c2cc(Cl)ccc2NC1=S. The Morgan fingerprint density at radius 3 is 2.77 bits per heavy atom. The highest BCUT2D eigenvalue weighted by Gasteiger charge is 2.33. The third kappa shape index (κ3) is 5.21. The molecule has 0 spiro atoms. The average molecular weight is 472 g/mol. The second-order valence-corrected chi connectivity index (χ2v) is 7.81. The lowest BCUT2D eigenvalue weighted by atomic mass is 9.99. The summed E-state index contributed by atoms with van der Waals surface area (Å²) >= 11 is 18.2. The molecule has 1 N–H and O–H groups in total. The highest BCUT2D eigenvalue weighted by atomic mass is 35.5. The Morgan fingerprint density at radius 1 is 1.30 bits per heavy atom. The van der Waals surface area contributed by atoms with Crippen molar-refractivity contribution in [3.8, 4) is 5.75 Å². The average Bonchev–Trinajstić information content (AvgIpc) is 2.80. The summed E-state index contributed by atoms with van der Waals surface area (Å²) in [6.07, 6.45) is -3.12. The number of anilines is 1. The number of esters is 1. The fraction of sp³-hybridized carbons (Fsp3) is 0.333. The minimum absolute atomic E-state index is 0.0762. The standard InChI is InChI=1S/C21H20Cl2FNO4S/c1-3-27-18(26)10-17-21(30)25-15-8-7-12(22)9-14(15)20(29-17)13-5-4-6-16(19(13)23)28-11(2)24/h4-9,11,17,20H,3,10H2,1-2H3,(H,25,30)/t11?,17-,20-/m1/s1. The lowest BCUT2D eigenvalue weighted by molar-refractivity contribution is -0.145. The molecule has 30 heavy (non-hydrogen) atoms. The van der Waals surface area contributed by atoms with Crippen LogP contribution in [0.3, 0.4) is 0 Å². The smallest absolute Gasteiger partial charge is 0.308 e. The molecule has 0 aromatic heterocycles. The van der Waals surface area contributed by atoms with Crippen molar-refractivity contribution in [3.63, 3.8) is 0 Å². The molecule has 3 atom stereocenters. The zero-order chi connectivity index (χ0) is 21.8. The van der Waals surface area contributed by atoms with Gasteiger partial charge in [0.15, 0.2) is 0 Å². The van der Waals surface area contributed by atoms with Gasteiger partial charge < -0.3 is 19.5 Å². The molecule has 0 bridgehead atoms. The molecule has 0 radical (unpaired) electrons. The van der Waals surface area contributed by atoms with Gasteiger partial charge in [0.25, 0.3) is 0 Å². The maximum atomic E-state index is 13.4. The first-order chi connectivity index (χ1) is 14.3. The second kappa shape index (κ2) is 9.92. The summed E-state index contributed by atoms with van der Waals surface area (Å²) in [6.45, 7) is 3.23. The molecule has 9 heteroatoms. The second-order valence-electron chi connectivity index (χ2n) is 6.55. The van der Waals surface area contributed by atoms with Gasteiger partial charge in [-0.3, -0.25) is 4.79 Å². The number of carbonyl (C=O) groups is 1. The Morgan fingerprint density at radius 2 is 2.07 bits per heavy atom. The van der Waals surface area contributed by atoms with Crippen LogP contribution in [-0.2, 0) is 14.3 Å². The van der Waals surface area contributed by atoms with E-state index in [0.29, 0.717) is 26.8 Å². The van der Waals surface area contributed by atoms with Crippen LogP contribution in [0.5, 0.6) is 5.75 Å². The number of thiocarbonyl (C=S) groups is 1. The largest absolute Gasteiger partial charge is 0.466 e. The Bertz CT molecular complexity index is 957. The van der Waals surface area contributed by atoms with Gasteiger partial charge in [-0.1, -0.05) is 47.6 Å². The van der Waals surface area contributed by atoms with Crippen molar-refractivity contribution in [1.29, 1.82) is 0 Å². The molecule has 0 aliphatic carbocycles. The number of halogens is 3. The molecule has 2 aromatic carbocycles. The number of hydrogen-bond acceptors (Lipinski definition) is 5. The van der Waals surface area contributed by atoms with Crippen molar-refractivity contribution in [2.75, 3.05) is 11.9 Å².